The highest BCUT2D eigenvalue weighted by molar-refractivity contribution is 5.98. The van der Waals surface area contributed by atoms with Crippen LogP contribution in [0.1, 0.15) is 64.2 Å². The summed E-state index contributed by atoms with van der Waals surface area (Å²) in [6.45, 7) is 10.8. The Labute approximate surface area is 162 Å². The van der Waals surface area contributed by atoms with Gasteiger partial charge in [-0.3, -0.25) is 4.79 Å². The highest BCUT2D eigenvalue weighted by Crippen LogP contribution is 2.47. The highest BCUT2D eigenvalue weighted by Gasteiger charge is 2.65. The Kier molecular flexibility index (Phi) is 6.81. The third-order valence-electron chi connectivity index (χ3n) is 5.39. The fourth-order valence-corrected chi connectivity index (χ4v) is 4.40. The lowest BCUT2D eigenvalue weighted by atomic mass is 9.79. The number of quaternary nitrogens is 1. The van der Waals surface area contributed by atoms with Crippen LogP contribution in [0.25, 0.3) is 0 Å². The molecule has 1 N–H and O–H groups in total. The summed E-state index contributed by atoms with van der Waals surface area (Å²) in [5.41, 5.74) is -0.671. The quantitative estimate of drug-likeness (QED) is 0.424. The van der Waals surface area contributed by atoms with E-state index in [0.29, 0.717) is 25.0 Å². The number of carbonyl (C=O) groups is 1. The highest BCUT2D eigenvalue weighted by atomic mass is 17.0. The van der Waals surface area contributed by atoms with Crippen LogP contribution in [-0.4, -0.2) is 52.9 Å². The summed E-state index contributed by atoms with van der Waals surface area (Å²) in [6.07, 6.45) is 0.788. The number of carbonyl (C=O) groups excluding carboxylic acids is 1. The van der Waals surface area contributed by atoms with Gasteiger partial charge >= 0.3 is 0 Å². The molecule has 0 bridgehead atoms. The first kappa shape index (κ1) is 22.0. The predicted octanol–water partition coefficient (Wildman–Crippen LogP) is 3.64. The number of ether oxygens (including phenoxy) is 1. The van der Waals surface area contributed by atoms with Crippen molar-refractivity contribution in [1.29, 1.82) is 0 Å². The van der Waals surface area contributed by atoms with E-state index in [1.807, 2.05) is 33.8 Å². The van der Waals surface area contributed by atoms with E-state index in [4.69, 9.17) is 14.4 Å². The molecule has 1 aromatic carbocycles. The second-order valence-electron chi connectivity index (χ2n) is 8.45. The third kappa shape index (κ3) is 4.25. The lowest BCUT2D eigenvalue weighted by Gasteiger charge is -2.56. The van der Waals surface area contributed by atoms with Crippen LogP contribution < -0.4 is 0 Å². The zero-order chi connectivity index (χ0) is 20.3. The maximum atomic E-state index is 12.6. The Balaban J connectivity index is 2.28. The van der Waals surface area contributed by atoms with Crippen LogP contribution in [-0.2, 0) is 14.4 Å². The van der Waals surface area contributed by atoms with Gasteiger partial charge in [0.1, 0.15) is 0 Å². The molecule has 1 heterocycles. The fraction of sp³-hybridized carbons (Fsp3) is 0.667. The summed E-state index contributed by atoms with van der Waals surface area (Å²) in [5.74, 6) is -0.485. The molecule has 1 unspecified atom stereocenters. The number of benzene rings is 1. The maximum absolute atomic E-state index is 12.6. The van der Waals surface area contributed by atoms with Gasteiger partial charge in [-0.2, -0.15) is 4.84 Å². The average molecular weight is 381 g/mol. The molecule has 1 aliphatic rings. The number of ketones is 1. The summed E-state index contributed by atoms with van der Waals surface area (Å²) in [6, 6.07) is 8.65. The van der Waals surface area contributed by atoms with Crippen LogP contribution in [0.2, 0.25) is 0 Å². The topological polar surface area (TPSA) is 65.0 Å². The van der Waals surface area contributed by atoms with E-state index < -0.39 is 23.2 Å². The van der Waals surface area contributed by atoms with Crippen molar-refractivity contribution in [1.82, 2.24) is 0 Å². The number of aliphatic hydroxyl groups excluding tert-OH is 1. The normalized spacial score (nSPS) is 27.9. The van der Waals surface area contributed by atoms with E-state index >= 15 is 0 Å². The van der Waals surface area contributed by atoms with Gasteiger partial charge in [-0.15, -0.1) is 4.84 Å². The molecular weight excluding hydrogens is 346 g/mol. The SMILES string of the molecule is CCCOC1CC(C)(C)[N+](OC)(OC(O)C(=O)c2ccccc2)C(C)(C)C1. The lowest BCUT2D eigenvalue weighted by Crippen LogP contribution is -2.75. The van der Waals surface area contributed by atoms with Gasteiger partial charge in [0.15, 0.2) is 11.1 Å². The molecule has 27 heavy (non-hydrogen) atoms. The van der Waals surface area contributed by atoms with Gasteiger partial charge in [0.25, 0.3) is 6.29 Å². The summed E-state index contributed by atoms with van der Waals surface area (Å²) in [4.78, 5) is 24.2. The molecule has 0 aliphatic carbocycles. The molecule has 0 aromatic heterocycles. The van der Waals surface area contributed by atoms with Gasteiger partial charge in [-0.1, -0.05) is 37.3 Å². The molecule has 6 nitrogen and oxygen atoms in total. The van der Waals surface area contributed by atoms with Crippen LogP contribution in [0.3, 0.4) is 0 Å². The first-order valence-corrected chi connectivity index (χ1v) is 9.62. The largest absolute Gasteiger partial charge is 0.378 e. The van der Waals surface area contributed by atoms with Crippen molar-refractivity contribution in [2.45, 2.75) is 77.4 Å². The zero-order valence-corrected chi connectivity index (χ0v) is 17.4. The lowest BCUT2D eigenvalue weighted by molar-refractivity contribution is -1.31. The van der Waals surface area contributed by atoms with Gasteiger partial charge in [-0.05, 0) is 38.9 Å². The van der Waals surface area contributed by atoms with Crippen LogP contribution in [0, 0.1) is 0 Å². The average Bonchev–Trinajstić information content (AvgIpc) is 2.62. The van der Waals surface area contributed by atoms with Crippen molar-refractivity contribution in [3.8, 4) is 0 Å². The number of nitrogens with zero attached hydrogens (tertiary/aromatic N) is 1. The van der Waals surface area contributed by atoms with Gasteiger partial charge < -0.3 is 9.84 Å². The van der Waals surface area contributed by atoms with Crippen molar-refractivity contribution in [2.24, 2.45) is 0 Å². The first-order chi connectivity index (χ1) is 12.6. The van der Waals surface area contributed by atoms with Crippen molar-refractivity contribution in [3.05, 3.63) is 35.9 Å². The van der Waals surface area contributed by atoms with Crippen LogP contribution in [0.15, 0.2) is 30.3 Å². The van der Waals surface area contributed by atoms with Crippen molar-refractivity contribution >= 4 is 5.78 Å². The van der Waals surface area contributed by atoms with Gasteiger partial charge in [0.05, 0.1) is 13.2 Å². The van der Waals surface area contributed by atoms with E-state index in [1.54, 1.807) is 31.4 Å². The first-order valence-electron chi connectivity index (χ1n) is 9.62. The van der Waals surface area contributed by atoms with E-state index in [0.717, 1.165) is 6.42 Å². The number of aliphatic hydroxyl groups is 1. The molecule has 2 rings (SSSR count). The van der Waals surface area contributed by atoms with E-state index in [1.165, 1.54) is 0 Å². The summed E-state index contributed by atoms with van der Waals surface area (Å²) in [7, 11) is 1.55. The maximum Gasteiger partial charge on any atom is 0.281 e. The number of hydroxylamine groups is 4. The van der Waals surface area contributed by atoms with Crippen molar-refractivity contribution in [2.75, 3.05) is 13.7 Å². The van der Waals surface area contributed by atoms with E-state index in [9.17, 15) is 9.90 Å². The van der Waals surface area contributed by atoms with Crippen LogP contribution >= 0.6 is 0 Å². The molecule has 1 fully saturated rings. The molecule has 152 valence electrons. The smallest absolute Gasteiger partial charge is 0.281 e. The Morgan fingerprint density at radius 3 is 2.22 bits per heavy atom. The minimum Gasteiger partial charge on any atom is -0.378 e. The molecule has 1 aliphatic heterocycles. The number of hydrogen-bond donors (Lipinski definition) is 1. The minimum absolute atomic E-state index is 0.0712. The molecule has 1 aromatic rings. The minimum atomic E-state index is -1.63. The Hall–Kier alpha value is -1.31. The molecular formula is C21H34NO5+. The summed E-state index contributed by atoms with van der Waals surface area (Å²) in [5, 5.41) is 10.6. The van der Waals surface area contributed by atoms with Crippen LogP contribution in [0.4, 0.5) is 0 Å². The molecule has 6 heteroatoms. The molecule has 0 saturated carbocycles. The molecule has 1 atom stereocenters. The summed E-state index contributed by atoms with van der Waals surface area (Å²) >= 11 is 0. The number of piperidine rings is 1. The van der Waals surface area contributed by atoms with Gasteiger partial charge in [0.2, 0.25) is 5.78 Å². The Morgan fingerprint density at radius 2 is 1.74 bits per heavy atom. The van der Waals surface area contributed by atoms with Crippen molar-refractivity contribution in [3.63, 3.8) is 0 Å². The Morgan fingerprint density at radius 1 is 1.19 bits per heavy atom. The van der Waals surface area contributed by atoms with Gasteiger partial charge in [-0.25, -0.2) is 0 Å². The number of hydrogen-bond acceptors (Lipinski definition) is 5. The predicted molar refractivity (Wildman–Crippen MR) is 103 cm³/mol. The zero-order valence-electron chi connectivity index (χ0n) is 17.4. The second-order valence-corrected chi connectivity index (χ2v) is 8.45. The van der Waals surface area contributed by atoms with Gasteiger partial charge in [0, 0.05) is 25.0 Å². The fourth-order valence-electron chi connectivity index (χ4n) is 4.40. The molecule has 0 radical (unpaired) electrons. The third-order valence-corrected chi connectivity index (χ3v) is 5.39. The standard InChI is InChI=1S/C21H34NO5/c1-7-13-26-17-14-20(2,3)22(25-6,21(4,5)15-17)27-19(24)18(23)16-11-9-8-10-12-16/h8-12,17,19,24H,7,13-15H2,1-6H3/q+1. The number of rotatable bonds is 8. The second kappa shape index (κ2) is 8.37. The van der Waals surface area contributed by atoms with E-state index in [-0.39, 0.29) is 10.9 Å². The summed E-state index contributed by atoms with van der Waals surface area (Å²) < 4.78 is 6.01. The number of Topliss-reactive ketones (excluding diaryl/α,β-unsaturated/α-hetero) is 1. The van der Waals surface area contributed by atoms with Crippen LogP contribution in [0.5, 0.6) is 0 Å². The molecule has 0 amide bonds. The Bertz CT molecular complexity index is 611. The van der Waals surface area contributed by atoms with E-state index in [2.05, 4.69) is 6.92 Å². The van der Waals surface area contributed by atoms with Crippen molar-refractivity contribution < 1.29 is 29.1 Å². The molecule has 0 spiro atoms. The molecule has 1 saturated heterocycles. The monoisotopic (exact) mass is 380 g/mol.